The minimum Gasteiger partial charge on any atom is -0.322 e. The molecular weight excluding hydrogens is 344 g/mol. The molecule has 0 radical (unpaired) electrons. The lowest BCUT2D eigenvalue weighted by atomic mass is 10.1. The number of anilines is 1. The van der Waals surface area contributed by atoms with Crippen molar-refractivity contribution < 1.29 is 4.79 Å². The highest BCUT2D eigenvalue weighted by Gasteiger charge is 2.10. The van der Waals surface area contributed by atoms with E-state index in [4.69, 9.17) is 11.6 Å². The van der Waals surface area contributed by atoms with Crippen LogP contribution < -0.4 is 5.32 Å². The molecule has 0 saturated carbocycles. The molecule has 1 amide bonds. The maximum absolute atomic E-state index is 12.4. The van der Waals surface area contributed by atoms with Gasteiger partial charge in [-0.2, -0.15) is 0 Å². The number of H-pyrrole nitrogens is 1. The van der Waals surface area contributed by atoms with Crippen LogP contribution in [0.15, 0.2) is 53.7 Å². The molecule has 3 aromatic rings. The number of nitrogens with zero attached hydrogens (tertiary/aromatic N) is 2. The van der Waals surface area contributed by atoms with Crippen LogP contribution in [0, 0.1) is 0 Å². The topological polar surface area (TPSA) is 70.7 Å². The Bertz CT molecular complexity index is 865. The van der Waals surface area contributed by atoms with Crippen molar-refractivity contribution in [3.05, 3.63) is 59.1 Å². The van der Waals surface area contributed by atoms with Crippen LogP contribution in [0.2, 0.25) is 5.02 Å². The molecule has 2 aromatic carbocycles. The van der Waals surface area contributed by atoms with E-state index in [1.54, 1.807) is 48.2 Å². The first kappa shape index (κ1) is 16.5. The molecule has 0 spiro atoms. The summed E-state index contributed by atoms with van der Waals surface area (Å²) in [5.74, 6) is 1.35. The number of hydrogen-bond acceptors (Lipinski definition) is 4. The molecule has 122 valence electrons. The number of halogens is 1. The Morgan fingerprint density at radius 2 is 2.04 bits per heavy atom. The highest BCUT2D eigenvalue weighted by atomic mass is 35.5. The van der Waals surface area contributed by atoms with Gasteiger partial charge in [0.2, 0.25) is 0 Å². The van der Waals surface area contributed by atoms with Gasteiger partial charge in [0.05, 0.1) is 0 Å². The van der Waals surface area contributed by atoms with Crippen molar-refractivity contribution in [3.63, 3.8) is 0 Å². The highest BCUT2D eigenvalue weighted by Crippen LogP contribution is 2.21. The Balaban J connectivity index is 1.80. The van der Waals surface area contributed by atoms with Crippen molar-refractivity contribution in [2.75, 3.05) is 11.1 Å². The van der Waals surface area contributed by atoms with E-state index in [0.717, 1.165) is 16.5 Å². The summed E-state index contributed by atoms with van der Waals surface area (Å²) in [5.41, 5.74) is 2.00. The van der Waals surface area contributed by atoms with Gasteiger partial charge in [0, 0.05) is 21.8 Å². The molecule has 0 aliphatic heterocycles. The van der Waals surface area contributed by atoms with Crippen LogP contribution in [0.25, 0.3) is 11.4 Å². The van der Waals surface area contributed by atoms with Crippen LogP contribution in [0.4, 0.5) is 5.69 Å². The molecule has 2 N–H and O–H groups in total. The third kappa shape index (κ3) is 3.96. The predicted octanol–water partition coefficient (Wildman–Crippen LogP) is 4.49. The second-order valence-corrected chi connectivity index (χ2v) is 6.65. The van der Waals surface area contributed by atoms with E-state index in [1.807, 2.05) is 19.1 Å². The lowest BCUT2D eigenvalue weighted by Crippen LogP contribution is -2.11. The van der Waals surface area contributed by atoms with Crippen molar-refractivity contribution in [1.82, 2.24) is 15.2 Å². The van der Waals surface area contributed by atoms with Gasteiger partial charge in [0.15, 0.2) is 11.0 Å². The summed E-state index contributed by atoms with van der Waals surface area (Å²) in [4.78, 5) is 15.6. The summed E-state index contributed by atoms with van der Waals surface area (Å²) in [6.07, 6.45) is 0. The van der Waals surface area contributed by atoms with Crippen LogP contribution in [-0.4, -0.2) is 26.8 Å². The summed E-state index contributed by atoms with van der Waals surface area (Å²) in [5, 5.41) is 12.4. The smallest absolute Gasteiger partial charge is 0.255 e. The third-order valence-corrected chi connectivity index (χ3v) is 4.21. The van der Waals surface area contributed by atoms with Gasteiger partial charge in [0.1, 0.15) is 0 Å². The maximum Gasteiger partial charge on any atom is 0.255 e. The summed E-state index contributed by atoms with van der Waals surface area (Å²) in [6.45, 7) is 2.05. The molecule has 0 aliphatic carbocycles. The van der Waals surface area contributed by atoms with Crippen molar-refractivity contribution in [3.8, 4) is 11.4 Å². The Morgan fingerprint density at radius 3 is 2.83 bits per heavy atom. The lowest BCUT2D eigenvalue weighted by Gasteiger charge is -2.06. The molecule has 0 atom stereocenters. The summed E-state index contributed by atoms with van der Waals surface area (Å²) in [7, 11) is 0. The summed E-state index contributed by atoms with van der Waals surface area (Å²) in [6, 6.07) is 14.3. The number of hydrogen-bond donors (Lipinski definition) is 2. The van der Waals surface area contributed by atoms with Crippen LogP contribution in [0.5, 0.6) is 0 Å². The van der Waals surface area contributed by atoms with E-state index in [2.05, 4.69) is 20.5 Å². The predicted molar refractivity (Wildman–Crippen MR) is 97.6 cm³/mol. The fourth-order valence-corrected chi connectivity index (χ4v) is 2.89. The Labute approximate surface area is 148 Å². The maximum atomic E-state index is 12.4. The van der Waals surface area contributed by atoms with Crippen LogP contribution in [-0.2, 0) is 0 Å². The first-order valence-corrected chi connectivity index (χ1v) is 8.75. The monoisotopic (exact) mass is 358 g/mol. The van der Waals surface area contributed by atoms with Gasteiger partial charge in [-0.15, -0.1) is 10.2 Å². The molecule has 1 heterocycles. The average molecular weight is 359 g/mol. The van der Waals surface area contributed by atoms with Gasteiger partial charge in [-0.3, -0.25) is 4.79 Å². The molecule has 0 aliphatic rings. The SMILES string of the molecule is CCSc1nnc(-c2cccc(C(=O)Nc3cccc(Cl)c3)c2)[nH]1. The zero-order valence-corrected chi connectivity index (χ0v) is 14.5. The molecule has 0 bridgehead atoms. The van der Waals surface area contributed by atoms with Crippen LogP contribution in [0.1, 0.15) is 17.3 Å². The molecular formula is C17H15ClN4OS. The summed E-state index contributed by atoms with van der Waals surface area (Å²) < 4.78 is 0. The number of carbonyl (C=O) groups is 1. The fourth-order valence-electron chi connectivity index (χ4n) is 2.16. The minimum absolute atomic E-state index is 0.207. The molecule has 3 rings (SSSR count). The molecule has 0 unspecified atom stereocenters. The molecule has 7 heteroatoms. The van der Waals surface area contributed by atoms with E-state index < -0.39 is 0 Å². The van der Waals surface area contributed by atoms with Gasteiger partial charge in [-0.25, -0.2) is 0 Å². The number of thioether (sulfide) groups is 1. The summed E-state index contributed by atoms with van der Waals surface area (Å²) >= 11 is 7.52. The number of nitrogens with one attached hydrogen (secondary N) is 2. The second-order valence-electron chi connectivity index (χ2n) is 4.96. The number of aromatic amines is 1. The zero-order valence-electron chi connectivity index (χ0n) is 12.9. The molecule has 1 aromatic heterocycles. The number of amides is 1. The normalized spacial score (nSPS) is 10.6. The molecule has 0 fully saturated rings. The average Bonchev–Trinajstić information content (AvgIpc) is 3.04. The van der Waals surface area contributed by atoms with Gasteiger partial charge in [0.25, 0.3) is 5.91 Å². The van der Waals surface area contributed by atoms with Gasteiger partial charge in [-0.1, -0.05) is 48.5 Å². The Hall–Kier alpha value is -2.31. The first-order chi connectivity index (χ1) is 11.7. The van der Waals surface area contributed by atoms with E-state index in [9.17, 15) is 4.79 Å². The zero-order chi connectivity index (χ0) is 16.9. The standard InChI is InChI=1S/C17H15ClN4OS/c1-2-24-17-20-15(21-22-17)11-5-3-6-12(9-11)16(23)19-14-8-4-7-13(18)10-14/h3-10H,2H2,1H3,(H,19,23)(H,20,21,22). The van der Waals surface area contributed by atoms with Gasteiger partial charge < -0.3 is 10.3 Å². The lowest BCUT2D eigenvalue weighted by molar-refractivity contribution is 0.102. The van der Waals surface area contributed by atoms with Crippen LogP contribution in [0.3, 0.4) is 0 Å². The number of rotatable bonds is 5. The third-order valence-electron chi connectivity index (χ3n) is 3.23. The number of benzene rings is 2. The van der Waals surface area contributed by atoms with Crippen molar-refractivity contribution >= 4 is 35.0 Å². The van der Waals surface area contributed by atoms with Gasteiger partial charge in [-0.05, 0) is 36.1 Å². The Morgan fingerprint density at radius 1 is 1.21 bits per heavy atom. The van der Waals surface area contributed by atoms with Crippen molar-refractivity contribution in [2.24, 2.45) is 0 Å². The van der Waals surface area contributed by atoms with Crippen molar-refractivity contribution in [2.45, 2.75) is 12.1 Å². The van der Waals surface area contributed by atoms with Gasteiger partial charge >= 0.3 is 0 Å². The van der Waals surface area contributed by atoms with Crippen LogP contribution >= 0.6 is 23.4 Å². The number of aromatic nitrogens is 3. The second kappa shape index (κ2) is 7.51. The minimum atomic E-state index is -0.207. The quantitative estimate of drug-likeness (QED) is 0.659. The van der Waals surface area contributed by atoms with E-state index >= 15 is 0 Å². The van der Waals surface area contributed by atoms with E-state index in [-0.39, 0.29) is 5.91 Å². The molecule has 0 saturated heterocycles. The fraction of sp³-hybridized carbons (Fsp3) is 0.118. The highest BCUT2D eigenvalue weighted by molar-refractivity contribution is 7.99. The Kier molecular flexibility index (Phi) is 5.17. The molecule has 5 nitrogen and oxygen atoms in total. The molecule has 24 heavy (non-hydrogen) atoms. The van der Waals surface area contributed by atoms with Crippen molar-refractivity contribution in [1.29, 1.82) is 0 Å². The van der Waals surface area contributed by atoms with E-state index in [0.29, 0.717) is 22.1 Å². The largest absolute Gasteiger partial charge is 0.322 e. The van der Waals surface area contributed by atoms with E-state index in [1.165, 1.54) is 0 Å². The number of carbonyl (C=O) groups excluding carboxylic acids is 1. The first-order valence-electron chi connectivity index (χ1n) is 7.38.